The van der Waals surface area contributed by atoms with Crippen molar-refractivity contribution in [2.75, 3.05) is 19.9 Å². The number of rotatable bonds is 7. The standard InChI is InChI=1S/C18H16N2O6/c21-18(7-4-13-2-1-3-14(10-13)20(22)23)19-8-9-24-15-5-6-16-17(11-15)26-12-25-16/h1-7,10-11H,8-9,12H2,(H,19,21). The van der Waals surface area contributed by atoms with Gasteiger partial charge >= 0.3 is 0 Å². The number of nitro benzene ring substituents is 1. The fraction of sp³-hybridized carbons (Fsp3) is 0.167. The lowest BCUT2D eigenvalue weighted by molar-refractivity contribution is -0.384. The first kappa shape index (κ1) is 17.3. The topological polar surface area (TPSA) is 99.9 Å². The molecule has 1 amide bonds. The Hall–Kier alpha value is -3.55. The Morgan fingerprint density at radius 2 is 2.08 bits per heavy atom. The van der Waals surface area contributed by atoms with Gasteiger partial charge in [0, 0.05) is 24.3 Å². The van der Waals surface area contributed by atoms with Crippen molar-refractivity contribution in [3.05, 3.63) is 64.2 Å². The van der Waals surface area contributed by atoms with Crippen LogP contribution in [0.2, 0.25) is 0 Å². The Morgan fingerprint density at radius 3 is 2.92 bits per heavy atom. The smallest absolute Gasteiger partial charge is 0.270 e. The largest absolute Gasteiger partial charge is 0.492 e. The van der Waals surface area contributed by atoms with Gasteiger partial charge in [-0.1, -0.05) is 12.1 Å². The highest BCUT2D eigenvalue weighted by atomic mass is 16.7. The van der Waals surface area contributed by atoms with Gasteiger partial charge in [-0.2, -0.15) is 0 Å². The van der Waals surface area contributed by atoms with Crippen LogP contribution in [0.3, 0.4) is 0 Å². The fourth-order valence-electron chi connectivity index (χ4n) is 2.28. The average Bonchev–Trinajstić information content (AvgIpc) is 3.11. The van der Waals surface area contributed by atoms with Gasteiger partial charge in [-0.3, -0.25) is 14.9 Å². The Kier molecular flexibility index (Phi) is 5.33. The molecule has 2 aromatic rings. The quantitative estimate of drug-likeness (QED) is 0.354. The van der Waals surface area contributed by atoms with Crippen molar-refractivity contribution >= 4 is 17.7 Å². The predicted octanol–water partition coefficient (Wildman–Crippen LogP) is 2.53. The second-order valence-electron chi connectivity index (χ2n) is 5.34. The Labute approximate surface area is 149 Å². The van der Waals surface area contributed by atoms with Gasteiger partial charge in [0.2, 0.25) is 12.7 Å². The number of hydrogen-bond donors (Lipinski definition) is 1. The maximum absolute atomic E-state index is 11.8. The molecular weight excluding hydrogens is 340 g/mol. The van der Waals surface area contributed by atoms with E-state index < -0.39 is 4.92 Å². The summed E-state index contributed by atoms with van der Waals surface area (Å²) in [5.74, 6) is 1.62. The molecule has 0 saturated carbocycles. The molecule has 0 atom stereocenters. The summed E-state index contributed by atoms with van der Waals surface area (Å²) >= 11 is 0. The molecule has 0 fully saturated rings. The zero-order valence-electron chi connectivity index (χ0n) is 13.7. The number of nitrogens with one attached hydrogen (secondary N) is 1. The van der Waals surface area contributed by atoms with Gasteiger partial charge in [-0.25, -0.2) is 0 Å². The molecule has 0 unspecified atom stereocenters. The third-order valence-corrected chi connectivity index (χ3v) is 3.52. The zero-order valence-corrected chi connectivity index (χ0v) is 13.7. The van der Waals surface area contributed by atoms with Crippen molar-refractivity contribution in [3.8, 4) is 17.2 Å². The molecular formula is C18H16N2O6. The molecule has 0 bridgehead atoms. The van der Waals surface area contributed by atoms with Crippen LogP contribution in [0, 0.1) is 10.1 Å². The Bertz CT molecular complexity index is 849. The minimum absolute atomic E-state index is 0.0234. The average molecular weight is 356 g/mol. The van der Waals surface area contributed by atoms with Gasteiger partial charge in [0.1, 0.15) is 12.4 Å². The number of nitro groups is 1. The molecule has 1 aliphatic rings. The first-order valence-electron chi connectivity index (χ1n) is 7.84. The molecule has 2 aromatic carbocycles. The van der Waals surface area contributed by atoms with Crippen molar-refractivity contribution in [1.82, 2.24) is 5.32 Å². The van der Waals surface area contributed by atoms with Crippen molar-refractivity contribution in [3.63, 3.8) is 0 Å². The summed E-state index contributed by atoms with van der Waals surface area (Å²) in [6.07, 6.45) is 2.83. The molecule has 8 heteroatoms. The van der Waals surface area contributed by atoms with E-state index in [4.69, 9.17) is 14.2 Å². The second kappa shape index (κ2) is 8.02. The number of amides is 1. The zero-order chi connectivity index (χ0) is 18.4. The van der Waals surface area contributed by atoms with Crippen LogP contribution in [-0.4, -0.2) is 30.8 Å². The minimum atomic E-state index is -0.481. The molecule has 0 aliphatic carbocycles. The number of nitrogens with zero attached hydrogens (tertiary/aromatic N) is 1. The lowest BCUT2D eigenvalue weighted by atomic mass is 10.2. The SMILES string of the molecule is O=C(C=Cc1cccc([N+](=O)[O-])c1)NCCOc1ccc2c(c1)OCO2. The van der Waals surface area contributed by atoms with E-state index in [1.54, 1.807) is 30.3 Å². The van der Waals surface area contributed by atoms with Crippen molar-refractivity contribution in [1.29, 1.82) is 0 Å². The van der Waals surface area contributed by atoms with E-state index in [9.17, 15) is 14.9 Å². The summed E-state index contributed by atoms with van der Waals surface area (Å²) in [5, 5.41) is 13.4. The number of fused-ring (bicyclic) bond motifs is 1. The van der Waals surface area contributed by atoms with Crippen LogP contribution in [0.15, 0.2) is 48.5 Å². The maximum atomic E-state index is 11.8. The predicted molar refractivity (Wildman–Crippen MR) is 93.2 cm³/mol. The van der Waals surface area contributed by atoms with Crippen LogP contribution in [0.25, 0.3) is 6.08 Å². The first-order chi connectivity index (χ1) is 12.6. The molecule has 26 heavy (non-hydrogen) atoms. The van der Waals surface area contributed by atoms with Crippen LogP contribution >= 0.6 is 0 Å². The van der Waals surface area contributed by atoms with E-state index in [0.29, 0.717) is 29.4 Å². The highest BCUT2D eigenvalue weighted by Gasteiger charge is 2.13. The summed E-state index contributed by atoms with van der Waals surface area (Å²) < 4.78 is 16.0. The number of ether oxygens (including phenoxy) is 3. The van der Waals surface area contributed by atoms with Crippen LogP contribution in [-0.2, 0) is 4.79 Å². The van der Waals surface area contributed by atoms with Gasteiger partial charge in [-0.05, 0) is 23.8 Å². The highest BCUT2D eigenvalue weighted by molar-refractivity contribution is 5.91. The van der Waals surface area contributed by atoms with Gasteiger partial charge in [0.05, 0.1) is 11.5 Å². The number of non-ortho nitro benzene ring substituents is 1. The van der Waals surface area contributed by atoms with E-state index >= 15 is 0 Å². The molecule has 0 aromatic heterocycles. The summed E-state index contributed by atoms with van der Waals surface area (Å²) in [6, 6.07) is 11.3. The molecule has 134 valence electrons. The van der Waals surface area contributed by atoms with Gasteiger partial charge < -0.3 is 19.5 Å². The van der Waals surface area contributed by atoms with E-state index in [1.165, 1.54) is 24.3 Å². The van der Waals surface area contributed by atoms with Gasteiger partial charge in [0.15, 0.2) is 11.5 Å². The molecule has 0 spiro atoms. The van der Waals surface area contributed by atoms with Crippen LogP contribution < -0.4 is 19.5 Å². The molecule has 0 saturated heterocycles. The summed E-state index contributed by atoms with van der Waals surface area (Å²) in [6.45, 7) is 0.800. The third kappa shape index (κ3) is 4.50. The molecule has 8 nitrogen and oxygen atoms in total. The summed E-state index contributed by atoms with van der Waals surface area (Å²) in [5.41, 5.74) is 0.552. The van der Waals surface area contributed by atoms with E-state index in [-0.39, 0.29) is 25.0 Å². The number of carbonyl (C=O) groups excluding carboxylic acids is 1. The molecule has 1 heterocycles. The van der Waals surface area contributed by atoms with E-state index in [0.717, 1.165) is 0 Å². The molecule has 0 radical (unpaired) electrons. The van der Waals surface area contributed by atoms with Crippen molar-refractivity contribution in [2.45, 2.75) is 0 Å². The number of carbonyl (C=O) groups is 1. The van der Waals surface area contributed by atoms with E-state index in [1.807, 2.05) is 0 Å². The van der Waals surface area contributed by atoms with Gasteiger partial charge in [-0.15, -0.1) is 0 Å². The van der Waals surface area contributed by atoms with E-state index in [2.05, 4.69) is 5.32 Å². The Morgan fingerprint density at radius 1 is 1.23 bits per heavy atom. The normalized spacial score (nSPS) is 12.2. The molecule has 3 rings (SSSR count). The van der Waals surface area contributed by atoms with Gasteiger partial charge in [0.25, 0.3) is 5.69 Å². The molecule has 1 N–H and O–H groups in total. The van der Waals surface area contributed by atoms with Crippen molar-refractivity contribution < 1.29 is 23.9 Å². The minimum Gasteiger partial charge on any atom is -0.492 e. The van der Waals surface area contributed by atoms with Crippen LogP contribution in [0.4, 0.5) is 5.69 Å². The van der Waals surface area contributed by atoms with Crippen LogP contribution in [0.1, 0.15) is 5.56 Å². The fourth-order valence-corrected chi connectivity index (χ4v) is 2.28. The van der Waals surface area contributed by atoms with Crippen molar-refractivity contribution in [2.24, 2.45) is 0 Å². The lowest BCUT2D eigenvalue weighted by Gasteiger charge is -2.07. The maximum Gasteiger partial charge on any atom is 0.270 e. The summed E-state index contributed by atoms with van der Waals surface area (Å²) in [7, 11) is 0. The number of benzene rings is 2. The first-order valence-corrected chi connectivity index (χ1v) is 7.84. The van der Waals surface area contributed by atoms with Crippen LogP contribution in [0.5, 0.6) is 17.2 Å². The highest BCUT2D eigenvalue weighted by Crippen LogP contribution is 2.34. The Balaban J connectivity index is 1.43. The molecule has 1 aliphatic heterocycles. The summed E-state index contributed by atoms with van der Waals surface area (Å²) in [4.78, 5) is 22.0. The number of hydrogen-bond acceptors (Lipinski definition) is 6. The second-order valence-corrected chi connectivity index (χ2v) is 5.34. The third-order valence-electron chi connectivity index (χ3n) is 3.52. The lowest BCUT2D eigenvalue weighted by Crippen LogP contribution is -2.26. The monoisotopic (exact) mass is 356 g/mol.